The van der Waals surface area contributed by atoms with E-state index in [0.717, 1.165) is 9.13 Å². The molecule has 3 nitrogen and oxygen atoms in total. The second kappa shape index (κ2) is 4.78. The van der Waals surface area contributed by atoms with Crippen molar-refractivity contribution in [3.63, 3.8) is 0 Å². The molecule has 0 spiro atoms. The van der Waals surface area contributed by atoms with E-state index in [2.05, 4.69) is 22.6 Å². The predicted octanol–water partition coefficient (Wildman–Crippen LogP) is 1.64. The highest BCUT2D eigenvalue weighted by atomic mass is 127. The topological polar surface area (TPSA) is 55.5 Å². The van der Waals surface area contributed by atoms with Crippen LogP contribution in [0, 0.1) is 3.57 Å². The van der Waals surface area contributed by atoms with E-state index in [-0.39, 0.29) is 11.8 Å². The maximum atomic E-state index is 9.65. The fourth-order valence-corrected chi connectivity index (χ4v) is 1.62. The summed E-state index contributed by atoms with van der Waals surface area (Å²) in [6, 6.07) is 5.24. The highest BCUT2D eigenvalue weighted by Gasteiger charge is 2.11. The minimum absolute atomic E-state index is 0.257. The molecular weight excluding hydrogens is 281 g/mol. The van der Waals surface area contributed by atoms with Gasteiger partial charge in [0.15, 0.2) is 0 Å². The summed E-state index contributed by atoms with van der Waals surface area (Å²) in [4.78, 5) is 0. The molecular formula is C9H12INO2. The van der Waals surface area contributed by atoms with Gasteiger partial charge in [0.25, 0.3) is 0 Å². The normalized spacial score (nSPS) is 12.8. The maximum absolute atomic E-state index is 9.65. The van der Waals surface area contributed by atoms with Crippen molar-refractivity contribution in [2.24, 2.45) is 5.73 Å². The molecule has 0 saturated heterocycles. The summed E-state index contributed by atoms with van der Waals surface area (Å²) in [5, 5.41) is 9.65. The number of para-hydroxylation sites is 1. The Hall–Kier alpha value is -0.330. The molecule has 0 aromatic heterocycles. The van der Waals surface area contributed by atoms with Crippen LogP contribution in [-0.4, -0.2) is 18.8 Å². The summed E-state index contributed by atoms with van der Waals surface area (Å²) in [5.74, 6) is 0.257. The van der Waals surface area contributed by atoms with Gasteiger partial charge in [0.1, 0.15) is 5.75 Å². The third-order valence-corrected chi connectivity index (χ3v) is 2.63. The molecule has 1 unspecified atom stereocenters. The van der Waals surface area contributed by atoms with Crippen LogP contribution in [-0.2, 0) is 4.74 Å². The molecule has 0 heterocycles. The lowest BCUT2D eigenvalue weighted by molar-refractivity contribution is 0.179. The van der Waals surface area contributed by atoms with Gasteiger partial charge in [-0.3, -0.25) is 0 Å². The Labute approximate surface area is 91.0 Å². The van der Waals surface area contributed by atoms with E-state index in [4.69, 9.17) is 10.5 Å². The Balaban J connectivity index is 2.93. The predicted molar refractivity (Wildman–Crippen MR) is 59.6 cm³/mol. The first-order valence-electron chi connectivity index (χ1n) is 3.88. The highest BCUT2D eigenvalue weighted by Crippen LogP contribution is 2.27. The number of halogens is 1. The molecule has 0 saturated carbocycles. The average molecular weight is 293 g/mol. The molecule has 0 fully saturated rings. The van der Waals surface area contributed by atoms with Crippen LogP contribution in [0.25, 0.3) is 0 Å². The Morgan fingerprint density at radius 3 is 2.92 bits per heavy atom. The van der Waals surface area contributed by atoms with Crippen molar-refractivity contribution in [3.8, 4) is 5.75 Å². The number of rotatable bonds is 3. The van der Waals surface area contributed by atoms with Crippen molar-refractivity contribution >= 4 is 22.6 Å². The fraction of sp³-hybridized carbons (Fsp3) is 0.333. The molecule has 1 aromatic carbocycles. The van der Waals surface area contributed by atoms with Gasteiger partial charge in [-0.25, -0.2) is 0 Å². The van der Waals surface area contributed by atoms with Crippen molar-refractivity contribution < 1.29 is 9.84 Å². The summed E-state index contributed by atoms with van der Waals surface area (Å²) in [6.07, 6.45) is 0. The van der Waals surface area contributed by atoms with E-state index in [1.165, 1.54) is 0 Å². The molecule has 1 aromatic rings. The smallest absolute Gasteiger partial charge is 0.133 e. The average Bonchev–Trinajstić information content (AvgIpc) is 2.10. The van der Waals surface area contributed by atoms with Gasteiger partial charge >= 0.3 is 0 Å². The van der Waals surface area contributed by atoms with Crippen LogP contribution in [0.3, 0.4) is 0 Å². The van der Waals surface area contributed by atoms with Crippen molar-refractivity contribution in [2.45, 2.75) is 6.04 Å². The molecule has 1 atom stereocenters. The summed E-state index contributed by atoms with van der Waals surface area (Å²) in [7, 11) is 1.59. The number of phenols is 1. The standard InChI is InChI=1S/C9H12INO2/c1-13-5-8(11)6-3-2-4-7(10)9(6)12/h2-4,8,12H,5,11H2,1H3. The van der Waals surface area contributed by atoms with Crippen LogP contribution in [0.1, 0.15) is 11.6 Å². The third kappa shape index (κ3) is 2.55. The minimum Gasteiger partial charge on any atom is -0.506 e. The van der Waals surface area contributed by atoms with Crippen LogP contribution in [0.5, 0.6) is 5.75 Å². The van der Waals surface area contributed by atoms with Crippen LogP contribution >= 0.6 is 22.6 Å². The molecule has 0 amide bonds. The third-order valence-electron chi connectivity index (χ3n) is 1.76. The quantitative estimate of drug-likeness (QED) is 0.833. The molecule has 4 heteroatoms. The summed E-state index contributed by atoms with van der Waals surface area (Å²) in [5.41, 5.74) is 6.52. The number of methoxy groups -OCH3 is 1. The van der Waals surface area contributed by atoms with Crippen molar-refractivity contribution in [1.82, 2.24) is 0 Å². The Morgan fingerprint density at radius 1 is 1.62 bits per heavy atom. The number of ether oxygens (including phenoxy) is 1. The molecule has 0 bridgehead atoms. The minimum atomic E-state index is -0.264. The lowest BCUT2D eigenvalue weighted by Crippen LogP contribution is -2.16. The number of aromatic hydroxyl groups is 1. The summed E-state index contributed by atoms with van der Waals surface area (Å²) >= 11 is 2.07. The molecule has 0 aliphatic carbocycles. The first-order chi connectivity index (χ1) is 6.16. The Morgan fingerprint density at radius 2 is 2.31 bits per heavy atom. The number of phenolic OH excluding ortho intramolecular Hbond substituents is 1. The van der Waals surface area contributed by atoms with Crippen molar-refractivity contribution in [1.29, 1.82) is 0 Å². The molecule has 0 aliphatic rings. The lowest BCUT2D eigenvalue weighted by atomic mass is 10.1. The van der Waals surface area contributed by atoms with E-state index in [1.807, 2.05) is 12.1 Å². The lowest BCUT2D eigenvalue weighted by Gasteiger charge is -2.12. The number of benzene rings is 1. The molecule has 13 heavy (non-hydrogen) atoms. The van der Waals surface area contributed by atoms with Gasteiger partial charge in [-0.15, -0.1) is 0 Å². The SMILES string of the molecule is COCC(N)c1cccc(I)c1O. The van der Waals surface area contributed by atoms with Crippen LogP contribution in [0.2, 0.25) is 0 Å². The highest BCUT2D eigenvalue weighted by molar-refractivity contribution is 14.1. The van der Waals surface area contributed by atoms with Gasteiger partial charge in [0.2, 0.25) is 0 Å². The number of hydrogen-bond donors (Lipinski definition) is 2. The van der Waals surface area contributed by atoms with Gasteiger partial charge < -0.3 is 15.6 Å². The zero-order chi connectivity index (χ0) is 9.84. The van der Waals surface area contributed by atoms with E-state index >= 15 is 0 Å². The number of nitrogens with two attached hydrogens (primary N) is 1. The van der Waals surface area contributed by atoms with Crippen molar-refractivity contribution in [3.05, 3.63) is 27.3 Å². The summed E-state index contributed by atoms with van der Waals surface area (Å²) < 4.78 is 5.72. The molecule has 0 aliphatic heterocycles. The molecule has 0 radical (unpaired) electrons. The first kappa shape index (κ1) is 10.7. The van der Waals surface area contributed by atoms with Gasteiger partial charge in [-0.1, -0.05) is 12.1 Å². The second-order valence-electron chi connectivity index (χ2n) is 2.74. The zero-order valence-electron chi connectivity index (χ0n) is 7.33. The van der Waals surface area contributed by atoms with E-state index in [9.17, 15) is 5.11 Å². The molecule has 3 N–H and O–H groups in total. The summed E-state index contributed by atoms with van der Waals surface area (Å²) in [6.45, 7) is 0.410. The zero-order valence-corrected chi connectivity index (χ0v) is 9.48. The monoisotopic (exact) mass is 293 g/mol. The first-order valence-corrected chi connectivity index (χ1v) is 4.96. The van der Waals surface area contributed by atoms with Crippen LogP contribution < -0.4 is 5.73 Å². The van der Waals surface area contributed by atoms with E-state index in [1.54, 1.807) is 13.2 Å². The van der Waals surface area contributed by atoms with E-state index < -0.39 is 0 Å². The van der Waals surface area contributed by atoms with Gasteiger partial charge in [-0.2, -0.15) is 0 Å². The van der Waals surface area contributed by atoms with Crippen LogP contribution in [0.4, 0.5) is 0 Å². The largest absolute Gasteiger partial charge is 0.506 e. The molecule has 1 rings (SSSR count). The van der Waals surface area contributed by atoms with Gasteiger partial charge in [0.05, 0.1) is 16.2 Å². The fourth-order valence-electron chi connectivity index (χ4n) is 1.10. The van der Waals surface area contributed by atoms with Crippen molar-refractivity contribution in [2.75, 3.05) is 13.7 Å². The van der Waals surface area contributed by atoms with Gasteiger partial charge in [-0.05, 0) is 28.7 Å². The maximum Gasteiger partial charge on any atom is 0.133 e. The molecule has 72 valence electrons. The Kier molecular flexibility index (Phi) is 3.95. The Bertz CT molecular complexity index is 291. The van der Waals surface area contributed by atoms with E-state index in [0.29, 0.717) is 6.61 Å². The van der Waals surface area contributed by atoms with Gasteiger partial charge in [0, 0.05) is 12.7 Å². The van der Waals surface area contributed by atoms with Crippen LogP contribution in [0.15, 0.2) is 18.2 Å². The second-order valence-corrected chi connectivity index (χ2v) is 3.90. The number of hydrogen-bond acceptors (Lipinski definition) is 3.